The molecular formula is C25H25F8NO7. The van der Waals surface area contributed by atoms with E-state index in [9.17, 15) is 49.8 Å². The lowest BCUT2D eigenvalue weighted by atomic mass is 10.1. The van der Waals surface area contributed by atoms with Crippen molar-refractivity contribution < 1.29 is 68.8 Å². The predicted octanol–water partition coefficient (Wildman–Crippen LogP) is 5.54. The number of carboxylic acid groups (broad SMARTS) is 1. The van der Waals surface area contributed by atoms with Crippen LogP contribution in [0.3, 0.4) is 0 Å². The van der Waals surface area contributed by atoms with Crippen LogP contribution in [0, 0.1) is 5.82 Å². The van der Waals surface area contributed by atoms with Crippen molar-refractivity contribution in [3.63, 3.8) is 0 Å². The van der Waals surface area contributed by atoms with Gasteiger partial charge in [0.15, 0.2) is 17.7 Å². The zero-order chi connectivity index (χ0) is 30.8. The van der Waals surface area contributed by atoms with Gasteiger partial charge in [-0.05, 0) is 36.8 Å². The Kier molecular flexibility index (Phi) is 11.7. The maximum Gasteiger partial charge on any atom is 0.462 e. The lowest BCUT2D eigenvalue weighted by Crippen LogP contribution is -2.54. The molecule has 2 aromatic rings. The fourth-order valence-corrected chi connectivity index (χ4v) is 3.15. The van der Waals surface area contributed by atoms with Crippen LogP contribution in [-0.2, 0) is 20.7 Å². The standard InChI is InChI=1S/C25H25F8NO7/c1-2-38-20(21(35)36)15-16-7-9-17(10-8-16)39-13-11-34(22(37)41-19-6-4-3-5-18(19)26)12-14-40-25(32,33)23(27,28)24(29,30)31/h3-10,20H,2,11-15H2,1H3,(H,35,36). The second kappa shape index (κ2) is 14.3. The van der Waals surface area contributed by atoms with Crippen LogP contribution >= 0.6 is 0 Å². The molecule has 8 nitrogen and oxygen atoms in total. The minimum Gasteiger partial charge on any atom is -0.492 e. The summed E-state index contributed by atoms with van der Waals surface area (Å²) < 4.78 is 123. The number of aliphatic carboxylic acids is 1. The highest BCUT2D eigenvalue weighted by atomic mass is 19.4. The number of halogens is 8. The first-order chi connectivity index (χ1) is 19.1. The van der Waals surface area contributed by atoms with E-state index in [-0.39, 0.29) is 25.4 Å². The van der Waals surface area contributed by atoms with Gasteiger partial charge in [0.25, 0.3) is 0 Å². The minimum absolute atomic E-state index is 0.0527. The number of carboxylic acids is 1. The summed E-state index contributed by atoms with van der Waals surface area (Å²) in [5.74, 6) is -8.99. The molecule has 0 aliphatic heterocycles. The molecule has 1 unspecified atom stereocenters. The molecule has 0 spiro atoms. The summed E-state index contributed by atoms with van der Waals surface area (Å²) in [7, 11) is 0. The van der Waals surface area contributed by atoms with E-state index in [1.54, 1.807) is 6.92 Å². The van der Waals surface area contributed by atoms with Crippen molar-refractivity contribution in [2.24, 2.45) is 0 Å². The second-order valence-corrected chi connectivity index (χ2v) is 8.20. The molecule has 0 aliphatic carbocycles. The average Bonchev–Trinajstić information content (AvgIpc) is 2.88. The van der Waals surface area contributed by atoms with Gasteiger partial charge in [0, 0.05) is 19.6 Å². The van der Waals surface area contributed by atoms with E-state index in [4.69, 9.17) is 14.2 Å². The topological polar surface area (TPSA) is 94.5 Å². The molecule has 0 saturated carbocycles. The Labute approximate surface area is 228 Å². The van der Waals surface area contributed by atoms with Crippen molar-refractivity contribution >= 4 is 12.1 Å². The Morgan fingerprint density at radius 2 is 1.54 bits per heavy atom. The normalized spacial score (nSPS) is 13.0. The summed E-state index contributed by atoms with van der Waals surface area (Å²) in [6.45, 7) is -1.47. The zero-order valence-electron chi connectivity index (χ0n) is 21.3. The molecule has 2 rings (SSSR count). The van der Waals surface area contributed by atoms with Gasteiger partial charge in [0.2, 0.25) is 0 Å². The number of rotatable bonds is 15. The molecule has 1 amide bonds. The van der Waals surface area contributed by atoms with Crippen molar-refractivity contribution in [2.75, 3.05) is 32.9 Å². The highest BCUT2D eigenvalue weighted by molar-refractivity contribution is 5.72. The summed E-state index contributed by atoms with van der Waals surface area (Å²) in [5.41, 5.74) is 0.585. The van der Waals surface area contributed by atoms with Gasteiger partial charge < -0.3 is 29.0 Å². The Morgan fingerprint density at radius 1 is 0.927 bits per heavy atom. The van der Waals surface area contributed by atoms with Gasteiger partial charge in [-0.15, -0.1) is 0 Å². The third kappa shape index (κ3) is 9.45. The Bertz CT molecular complexity index is 1150. The number of amides is 1. The molecule has 0 radical (unpaired) electrons. The van der Waals surface area contributed by atoms with Gasteiger partial charge in [-0.3, -0.25) is 0 Å². The van der Waals surface area contributed by atoms with Gasteiger partial charge in [-0.2, -0.15) is 30.7 Å². The van der Waals surface area contributed by atoms with Crippen LogP contribution in [0.5, 0.6) is 11.5 Å². The fourth-order valence-electron chi connectivity index (χ4n) is 3.15. The van der Waals surface area contributed by atoms with Gasteiger partial charge in [0.05, 0.1) is 13.2 Å². The first-order valence-electron chi connectivity index (χ1n) is 11.8. The number of para-hydroxylation sites is 1. The average molecular weight is 603 g/mol. The molecule has 0 heterocycles. The first-order valence-corrected chi connectivity index (χ1v) is 11.8. The van der Waals surface area contributed by atoms with E-state index < -0.39 is 67.6 Å². The SMILES string of the molecule is CCOC(Cc1ccc(OCCN(CCOC(F)(F)C(F)(F)C(F)(F)F)C(=O)Oc2ccccc2F)cc1)C(=O)O. The number of carbonyl (C=O) groups excluding carboxylic acids is 1. The molecule has 0 fully saturated rings. The molecular weight excluding hydrogens is 578 g/mol. The highest BCUT2D eigenvalue weighted by Crippen LogP contribution is 2.46. The van der Waals surface area contributed by atoms with Crippen molar-refractivity contribution in [1.82, 2.24) is 4.90 Å². The molecule has 16 heteroatoms. The molecule has 228 valence electrons. The molecule has 1 atom stereocenters. The van der Waals surface area contributed by atoms with E-state index in [0.29, 0.717) is 10.5 Å². The molecule has 0 aromatic heterocycles. The van der Waals surface area contributed by atoms with Crippen LogP contribution in [0.4, 0.5) is 39.9 Å². The van der Waals surface area contributed by atoms with Crippen LogP contribution in [-0.4, -0.2) is 79.3 Å². The summed E-state index contributed by atoms with van der Waals surface area (Å²) in [4.78, 5) is 24.3. The Balaban J connectivity index is 2.05. The van der Waals surface area contributed by atoms with Gasteiger partial charge in [0.1, 0.15) is 12.4 Å². The predicted molar refractivity (Wildman–Crippen MR) is 125 cm³/mol. The molecule has 41 heavy (non-hydrogen) atoms. The van der Waals surface area contributed by atoms with Crippen molar-refractivity contribution in [2.45, 2.75) is 37.7 Å². The number of ether oxygens (including phenoxy) is 4. The van der Waals surface area contributed by atoms with Crippen molar-refractivity contribution in [3.05, 3.63) is 59.9 Å². The van der Waals surface area contributed by atoms with Crippen LogP contribution in [0.25, 0.3) is 0 Å². The summed E-state index contributed by atoms with van der Waals surface area (Å²) in [6.07, 6.45) is -14.9. The summed E-state index contributed by atoms with van der Waals surface area (Å²) in [6, 6.07) is 10.5. The lowest BCUT2D eigenvalue weighted by Gasteiger charge is -2.28. The van der Waals surface area contributed by atoms with Gasteiger partial charge in [-0.1, -0.05) is 24.3 Å². The second-order valence-electron chi connectivity index (χ2n) is 8.20. The number of carbonyl (C=O) groups is 2. The maximum atomic E-state index is 13.9. The Hall–Kier alpha value is -3.66. The Morgan fingerprint density at radius 3 is 2.10 bits per heavy atom. The molecule has 0 aliphatic rings. The molecule has 1 N–H and O–H groups in total. The van der Waals surface area contributed by atoms with Crippen LogP contribution < -0.4 is 9.47 Å². The quantitative estimate of drug-likeness (QED) is 0.267. The maximum absolute atomic E-state index is 13.9. The van der Waals surface area contributed by atoms with E-state index in [2.05, 4.69) is 4.74 Å². The van der Waals surface area contributed by atoms with E-state index in [0.717, 1.165) is 12.1 Å². The summed E-state index contributed by atoms with van der Waals surface area (Å²) >= 11 is 0. The minimum atomic E-state index is -6.61. The number of alkyl halides is 7. The van der Waals surface area contributed by atoms with Crippen LogP contribution in [0.15, 0.2) is 48.5 Å². The van der Waals surface area contributed by atoms with Gasteiger partial charge in [-0.25, -0.2) is 14.0 Å². The summed E-state index contributed by atoms with van der Waals surface area (Å²) in [5, 5.41) is 9.17. The lowest BCUT2D eigenvalue weighted by molar-refractivity contribution is -0.423. The van der Waals surface area contributed by atoms with E-state index in [1.165, 1.54) is 36.4 Å². The van der Waals surface area contributed by atoms with Gasteiger partial charge >= 0.3 is 30.3 Å². The first kappa shape index (κ1) is 33.5. The number of hydrogen-bond acceptors (Lipinski definition) is 6. The zero-order valence-corrected chi connectivity index (χ0v) is 21.3. The molecule has 0 saturated heterocycles. The third-order valence-corrected chi connectivity index (χ3v) is 5.28. The number of nitrogens with zero attached hydrogens (tertiary/aromatic N) is 1. The number of hydrogen-bond donors (Lipinski definition) is 1. The van der Waals surface area contributed by atoms with Crippen molar-refractivity contribution in [3.8, 4) is 11.5 Å². The van der Waals surface area contributed by atoms with Crippen LogP contribution in [0.1, 0.15) is 12.5 Å². The third-order valence-electron chi connectivity index (χ3n) is 5.28. The molecule has 0 bridgehead atoms. The highest BCUT2D eigenvalue weighted by Gasteiger charge is 2.74. The molecule has 2 aromatic carbocycles. The monoisotopic (exact) mass is 603 g/mol. The van der Waals surface area contributed by atoms with Crippen molar-refractivity contribution in [1.29, 1.82) is 0 Å². The van der Waals surface area contributed by atoms with E-state index in [1.807, 2.05) is 0 Å². The van der Waals surface area contributed by atoms with Crippen LogP contribution in [0.2, 0.25) is 0 Å². The fraction of sp³-hybridized carbons (Fsp3) is 0.440. The number of benzene rings is 2. The largest absolute Gasteiger partial charge is 0.492 e. The smallest absolute Gasteiger partial charge is 0.462 e. The van der Waals surface area contributed by atoms with E-state index >= 15 is 0 Å².